The number of carbonyl (C=O) groups is 2. The number of rotatable bonds is 8. The van der Waals surface area contributed by atoms with Gasteiger partial charge in [-0.05, 0) is 47.5 Å². The molecule has 0 N–H and O–H groups in total. The zero-order valence-electron chi connectivity index (χ0n) is 20.9. The maximum absolute atomic E-state index is 13.8. The van der Waals surface area contributed by atoms with E-state index >= 15 is 0 Å². The van der Waals surface area contributed by atoms with E-state index in [4.69, 9.17) is 0 Å². The van der Waals surface area contributed by atoms with Crippen molar-refractivity contribution in [2.24, 2.45) is 0 Å². The molecule has 38 heavy (non-hydrogen) atoms. The minimum absolute atomic E-state index is 0.211. The molecular formula is C33H27N3O2. The molecule has 5 heteroatoms. The molecule has 0 atom stereocenters. The molecule has 2 amide bonds. The number of anilines is 2. The first-order valence-electron chi connectivity index (χ1n) is 12.5. The highest BCUT2D eigenvalue weighted by Crippen LogP contribution is 2.22. The summed E-state index contributed by atoms with van der Waals surface area (Å²) in [6.45, 7) is 0.765. The summed E-state index contributed by atoms with van der Waals surface area (Å²) in [6.07, 6.45) is 0. The van der Waals surface area contributed by atoms with E-state index in [2.05, 4.69) is 4.98 Å². The van der Waals surface area contributed by atoms with Crippen LogP contribution >= 0.6 is 0 Å². The van der Waals surface area contributed by atoms with Gasteiger partial charge >= 0.3 is 0 Å². The van der Waals surface area contributed by atoms with Gasteiger partial charge in [0, 0.05) is 11.4 Å². The van der Waals surface area contributed by atoms with Crippen molar-refractivity contribution < 1.29 is 9.59 Å². The van der Waals surface area contributed by atoms with Crippen LogP contribution in [0.4, 0.5) is 11.4 Å². The third-order valence-corrected chi connectivity index (χ3v) is 6.18. The Kier molecular flexibility index (Phi) is 7.66. The minimum atomic E-state index is -0.274. The molecule has 0 unspecified atom stereocenters. The van der Waals surface area contributed by atoms with Gasteiger partial charge in [-0.15, -0.1) is 0 Å². The molecule has 0 aliphatic heterocycles. The minimum Gasteiger partial charge on any atom is -0.303 e. The summed E-state index contributed by atoms with van der Waals surface area (Å²) in [5.41, 5.74) is 3.93. The zero-order valence-corrected chi connectivity index (χ0v) is 20.9. The largest absolute Gasteiger partial charge is 0.303 e. The quantitative estimate of drug-likeness (QED) is 0.238. The third-order valence-electron chi connectivity index (χ3n) is 6.18. The Morgan fingerprint density at radius 2 is 0.789 bits per heavy atom. The van der Waals surface area contributed by atoms with Gasteiger partial charge in [-0.1, -0.05) is 103 Å². The predicted octanol–water partition coefficient (Wildman–Crippen LogP) is 6.78. The molecule has 0 fully saturated rings. The van der Waals surface area contributed by atoms with Gasteiger partial charge < -0.3 is 9.80 Å². The SMILES string of the molecule is O=C(c1cccc(C(=O)N(Cc2ccccc2)c2ccccc2)n1)N(Cc1ccccc1)c1ccccc1. The summed E-state index contributed by atoms with van der Waals surface area (Å²) in [6, 6.07) is 43.7. The summed E-state index contributed by atoms with van der Waals surface area (Å²) >= 11 is 0. The molecule has 0 spiro atoms. The highest BCUT2D eigenvalue weighted by molar-refractivity contribution is 6.08. The summed E-state index contributed by atoms with van der Waals surface area (Å²) in [5, 5.41) is 0. The molecular weight excluding hydrogens is 470 g/mol. The first-order valence-corrected chi connectivity index (χ1v) is 12.5. The number of carbonyl (C=O) groups excluding carboxylic acids is 2. The van der Waals surface area contributed by atoms with Gasteiger partial charge in [-0.3, -0.25) is 9.59 Å². The number of para-hydroxylation sites is 2. The number of benzene rings is 4. The highest BCUT2D eigenvalue weighted by atomic mass is 16.2. The molecule has 1 heterocycles. The van der Waals surface area contributed by atoms with Crippen molar-refractivity contribution in [3.8, 4) is 0 Å². The smallest absolute Gasteiger partial charge is 0.277 e. The highest BCUT2D eigenvalue weighted by Gasteiger charge is 2.23. The number of amides is 2. The van der Waals surface area contributed by atoms with Crippen LogP contribution < -0.4 is 9.80 Å². The second-order valence-electron chi connectivity index (χ2n) is 8.83. The second kappa shape index (κ2) is 11.8. The Labute approximate surface area is 222 Å². The molecule has 186 valence electrons. The normalized spacial score (nSPS) is 10.5. The van der Waals surface area contributed by atoms with Gasteiger partial charge in [0.05, 0.1) is 13.1 Å². The lowest BCUT2D eigenvalue weighted by Gasteiger charge is -2.24. The fourth-order valence-corrected chi connectivity index (χ4v) is 4.26. The molecule has 5 aromatic rings. The summed E-state index contributed by atoms with van der Waals surface area (Å²) < 4.78 is 0. The van der Waals surface area contributed by atoms with Gasteiger partial charge in [0.2, 0.25) is 0 Å². The Morgan fingerprint density at radius 1 is 0.447 bits per heavy atom. The van der Waals surface area contributed by atoms with Crippen LogP contribution in [-0.2, 0) is 13.1 Å². The molecule has 0 saturated carbocycles. The monoisotopic (exact) mass is 497 g/mol. The zero-order chi connectivity index (χ0) is 26.2. The Bertz CT molecular complexity index is 1380. The average Bonchev–Trinajstić information content (AvgIpc) is 3.00. The molecule has 0 bridgehead atoms. The van der Waals surface area contributed by atoms with E-state index in [0.717, 1.165) is 22.5 Å². The lowest BCUT2D eigenvalue weighted by molar-refractivity contribution is 0.0976. The van der Waals surface area contributed by atoms with E-state index in [0.29, 0.717) is 13.1 Å². The average molecular weight is 498 g/mol. The Hall–Kier alpha value is -5.03. The predicted molar refractivity (Wildman–Crippen MR) is 151 cm³/mol. The first-order chi connectivity index (χ1) is 18.7. The molecule has 0 saturated heterocycles. The molecule has 0 radical (unpaired) electrons. The number of hydrogen-bond acceptors (Lipinski definition) is 3. The van der Waals surface area contributed by atoms with E-state index < -0.39 is 0 Å². The van der Waals surface area contributed by atoms with Gasteiger partial charge in [-0.2, -0.15) is 0 Å². The van der Waals surface area contributed by atoms with Crippen LogP contribution in [0, 0.1) is 0 Å². The molecule has 5 nitrogen and oxygen atoms in total. The van der Waals surface area contributed by atoms with Crippen molar-refractivity contribution in [3.63, 3.8) is 0 Å². The van der Waals surface area contributed by atoms with Gasteiger partial charge in [-0.25, -0.2) is 4.98 Å². The summed E-state index contributed by atoms with van der Waals surface area (Å²) in [5.74, 6) is -0.548. The van der Waals surface area contributed by atoms with Gasteiger partial charge in [0.1, 0.15) is 11.4 Å². The lowest BCUT2D eigenvalue weighted by Crippen LogP contribution is -2.33. The Balaban J connectivity index is 1.47. The first kappa shape index (κ1) is 24.7. The van der Waals surface area contributed by atoms with Gasteiger partial charge in [0.25, 0.3) is 11.8 Å². The topological polar surface area (TPSA) is 53.5 Å². The number of nitrogens with zero attached hydrogens (tertiary/aromatic N) is 3. The van der Waals surface area contributed by atoms with Crippen LogP contribution in [-0.4, -0.2) is 16.8 Å². The number of aromatic nitrogens is 1. The number of pyridine rings is 1. The van der Waals surface area contributed by atoms with Crippen LogP contribution in [0.3, 0.4) is 0 Å². The third kappa shape index (κ3) is 5.85. The maximum atomic E-state index is 13.8. The van der Waals surface area contributed by atoms with Gasteiger partial charge in [0.15, 0.2) is 0 Å². The van der Waals surface area contributed by atoms with Crippen molar-refractivity contribution in [1.29, 1.82) is 0 Å². The van der Waals surface area contributed by atoms with Crippen molar-refractivity contribution in [3.05, 3.63) is 162 Å². The second-order valence-corrected chi connectivity index (χ2v) is 8.83. The summed E-state index contributed by atoms with van der Waals surface area (Å²) in [4.78, 5) is 35.5. The summed E-state index contributed by atoms with van der Waals surface area (Å²) in [7, 11) is 0. The lowest BCUT2D eigenvalue weighted by atomic mass is 10.1. The molecule has 1 aromatic heterocycles. The van der Waals surface area contributed by atoms with E-state index in [1.165, 1.54) is 0 Å². The fourth-order valence-electron chi connectivity index (χ4n) is 4.26. The van der Waals surface area contributed by atoms with Crippen molar-refractivity contribution in [2.75, 3.05) is 9.80 Å². The van der Waals surface area contributed by atoms with E-state index in [9.17, 15) is 9.59 Å². The van der Waals surface area contributed by atoms with E-state index in [1.807, 2.05) is 121 Å². The van der Waals surface area contributed by atoms with Crippen LogP contribution in [0.25, 0.3) is 0 Å². The van der Waals surface area contributed by atoms with Crippen molar-refractivity contribution in [1.82, 2.24) is 4.98 Å². The molecule has 0 aliphatic carbocycles. The molecule has 4 aromatic carbocycles. The molecule has 5 rings (SSSR count). The van der Waals surface area contributed by atoms with Crippen molar-refractivity contribution >= 4 is 23.2 Å². The van der Waals surface area contributed by atoms with Crippen molar-refractivity contribution in [2.45, 2.75) is 13.1 Å². The standard InChI is InChI=1S/C33H27N3O2/c37-32(35(28-18-9-3-10-19-28)24-26-14-5-1-6-15-26)30-22-13-23-31(34-30)33(38)36(29-20-11-4-12-21-29)25-27-16-7-2-8-17-27/h1-23H,24-25H2. The maximum Gasteiger partial charge on any atom is 0.277 e. The molecule has 0 aliphatic rings. The van der Waals surface area contributed by atoms with E-state index in [1.54, 1.807) is 28.0 Å². The van der Waals surface area contributed by atoms with Crippen LogP contribution in [0.1, 0.15) is 32.1 Å². The fraction of sp³-hybridized carbons (Fsp3) is 0.0606. The van der Waals surface area contributed by atoms with E-state index in [-0.39, 0.29) is 23.2 Å². The van der Waals surface area contributed by atoms with Crippen LogP contribution in [0.15, 0.2) is 140 Å². The van der Waals surface area contributed by atoms with Crippen LogP contribution in [0.2, 0.25) is 0 Å². The Morgan fingerprint density at radius 3 is 1.16 bits per heavy atom. The van der Waals surface area contributed by atoms with Crippen LogP contribution in [0.5, 0.6) is 0 Å². The number of hydrogen-bond donors (Lipinski definition) is 0.